The molecular formula is C19H21N3OS2. The summed E-state index contributed by atoms with van der Waals surface area (Å²) in [6.07, 6.45) is 0.978. The molecule has 1 aliphatic heterocycles. The maximum absolute atomic E-state index is 12.8. The molecule has 1 aliphatic rings. The van der Waals surface area contributed by atoms with Gasteiger partial charge in [-0.05, 0) is 50.3 Å². The van der Waals surface area contributed by atoms with Crippen LogP contribution >= 0.6 is 22.7 Å². The van der Waals surface area contributed by atoms with Crippen LogP contribution in [0.2, 0.25) is 0 Å². The number of carbonyl (C=O) groups is 1. The number of nitrogens with zero attached hydrogens (tertiary/aromatic N) is 3. The first-order chi connectivity index (χ1) is 12.0. The fourth-order valence-electron chi connectivity index (χ4n) is 3.49. The van der Waals surface area contributed by atoms with E-state index < -0.39 is 0 Å². The van der Waals surface area contributed by atoms with Crippen molar-refractivity contribution < 1.29 is 4.79 Å². The van der Waals surface area contributed by atoms with E-state index in [-0.39, 0.29) is 5.91 Å². The van der Waals surface area contributed by atoms with Crippen LogP contribution in [-0.2, 0) is 24.3 Å². The van der Waals surface area contributed by atoms with Gasteiger partial charge in [0.1, 0.15) is 6.54 Å². The second-order valence-electron chi connectivity index (χ2n) is 6.56. The van der Waals surface area contributed by atoms with Crippen LogP contribution in [0.1, 0.15) is 26.8 Å². The van der Waals surface area contributed by atoms with Gasteiger partial charge in [0.25, 0.3) is 0 Å². The summed E-state index contributed by atoms with van der Waals surface area (Å²) in [5.74, 6) is 0.194. The lowest BCUT2D eigenvalue weighted by atomic mass is 10.1. The molecule has 0 aromatic carbocycles. The summed E-state index contributed by atoms with van der Waals surface area (Å²) in [7, 11) is 0. The van der Waals surface area contributed by atoms with E-state index in [4.69, 9.17) is 0 Å². The molecule has 4 heterocycles. The Labute approximate surface area is 155 Å². The number of hydrogen-bond acceptors (Lipinski definition) is 4. The molecule has 0 N–H and O–H groups in total. The summed E-state index contributed by atoms with van der Waals surface area (Å²) in [5, 5.41) is 5.28. The molecule has 130 valence electrons. The van der Waals surface area contributed by atoms with Gasteiger partial charge in [0.05, 0.1) is 10.7 Å². The number of thiophene rings is 1. The van der Waals surface area contributed by atoms with Crippen molar-refractivity contribution in [3.05, 3.63) is 49.7 Å². The lowest BCUT2D eigenvalue weighted by Gasteiger charge is -2.27. The van der Waals surface area contributed by atoms with E-state index >= 15 is 0 Å². The molecule has 0 fully saturated rings. The second kappa shape index (κ2) is 6.42. The highest BCUT2D eigenvalue weighted by molar-refractivity contribution is 7.10. The van der Waals surface area contributed by atoms with Gasteiger partial charge in [0, 0.05) is 40.3 Å². The van der Waals surface area contributed by atoms with Gasteiger partial charge in [0.2, 0.25) is 5.91 Å². The number of fused-ring (bicyclic) bond motifs is 1. The molecule has 1 amide bonds. The summed E-state index contributed by atoms with van der Waals surface area (Å²) < 4.78 is 2.12. The van der Waals surface area contributed by atoms with Gasteiger partial charge in [-0.15, -0.1) is 22.7 Å². The number of aromatic nitrogens is 2. The van der Waals surface area contributed by atoms with Crippen molar-refractivity contribution in [2.75, 3.05) is 6.54 Å². The highest BCUT2D eigenvalue weighted by Gasteiger charge is 2.23. The minimum Gasteiger partial charge on any atom is -0.339 e. The first-order valence-corrected chi connectivity index (χ1v) is 10.2. The van der Waals surface area contributed by atoms with Crippen LogP contribution in [0.15, 0.2) is 22.9 Å². The molecule has 0 radical (unpaired) electrons. The molecule has 3 aromatic heterocycles. The molecule has 0 unspecified atom stereocenters. The van der Waals surface area contributed by atoms with E-state index in [0.717, 1.165) is 47.2 Å². The smallest absolute Gasteiger partial charge is 0.242 e. The molecule has 0 spiro atoms. The highest BCUT2D eigenvalue weighted by Crippen LogP contribution is 2.29. The van der Waals surface area contributed by atoms with E-state index in [1.54, 1.807) is 22.7 Å². The van der Waals surface area contributed by atoms with E-state index in [1.807, 2.05) is 11.8 Å². The standard InChI is InChI=1S/C19H21N3OS2/c1-12-8-16(17-11-25-14(3)20-17)13(2)22(12)10-19(23)21-6-4-18-15(9-21)5-7-24-18/h5,7-8,11H,4,6,9-10H2,1-3H3. The number of thiazole rings is 1. The summed E-state index contributed by atoms with van der Waals surface area (Å²) in [4.78, 5) is 20.9. The van der Waals surface area contributed by atoms with Crippen molar-refractivity contribution in [2.45, 2.75) is 40.3 Å². The molecule has 3 aromatic rings. The van der Waals surface area contributed by atoms with E-state index in [2.05, 4.69) is 46.3 Å². The van der Waals surface area contributed by atoms with Crippen LogP contribution in [0.4, 0.5) is 0 Å². The zero-order valence-electron chi connectivity index (χ0n) is 14.7. The van der Waals surface area contributed by atoms with Crippen LogP contribution in [0.5, 0.6) is 0 Å². The van der Waals surface area contributed by atoms with Crippen LogP contribution in [0.3, 0.4) is 0 Å². The van der Waals surface area contributed by atoms with Gasteiger partial charge >= 0.3 is 0 Å². The summed E-state index contributed by atoms with van der Waals surface area (Å²) in [5.41, 5.74) is 5.68. The predicted molar refractivity (Wildman–Crippen MR) is 103 cm³/mol. The van der Waals surface area contributed by atoms with E-state index in [1.165, 1.54) is 10.4 Å². The molecule has 25 heavy (non-hydrogen) atoms. The van der Waals surface area contributed by atoms with Crippen molar-refractivity contribution >= 4 is 28.6 Å². The van der Waals surface area contributed by atoms with Gasteiger partial charge in [-0.3, -0.25) is 4.79 Å². The summed E-state index contributed by atoms with van der Waals surface area (Å²) in [6, 6.07) is 4.29. The number of carbonyl (C=O) groups excluding carboxylic acids is 1. The fourth-order valence-corrected chi connectivity index (χ4v) is 4.99. The van der Waals surface area contributed by atoms with Crippen LogP contribution in [-0.4, -0.2) is 26.9 Å². The van der Waals surface area contributed by atoms with Gasteiger partial charge < -0.3 is 9.47 Å². The Balaban J connectivity index is 1.55. The van der Waals surface area contributed by atoms with Crippen molar-refractivity contribution in [1.82, 2.24) is 14.5 Å². The lowest BCUT2D eigenvalue weighted by Crippen LogP contribution is -2.37. The first-order valence-electron chi connectivity index (χ1n) is 8.45. The zero-order valence-corrected chi connectivity index (χ0v) is 16.3. The van der Waals surface area contributed by atoms with Crippen molar-refractivity contribution in [2.24, 2.45) is 0 Å². The molecule has 4 nitrogen and oxygen atoms in total. The average Bonchev–Trinajstić information content (AvgIpc) is 3.29. The monoisotopic (exact) mass is 371 g/mol. The van der Waals surface area contributed by atoms with Crippen LogP contribution in [0.25, 0.3) is 11.3 Å². The quantitative estimate of drug-likeness (QED) is 0.693. The van der Waals surface area contributed by atoms with Crippen molar-refractivity contribution in [3.63, 3.8) is 0 Å². The number of aryl methyl sites for hydroxylation is 2. The normalized spacial score (nSPS) is 14.0. The van der Waals surface area contributed by atoms with Gasteiger partial charge in [-0.25, -0.2) is 4.98 Å². The van der Waals surface area contributed by atoms with Crippen LogP contribution in [0, 0.1) is 20.8 Å². The molecule has 0 aliphatic carbocycles. The molecule has 0 atom stereocenters. The second-order valence-corrected chi connectivity index (χ2v) is 8.62. The molecule has 0 saturated heterocycles. The van der Waals surface area contributed by atoms with Crippen molar-refractivity contribution in [1.29, 1.82) is 0 Å². The Kier molecular flexibility index (Phi) is 4.25. The number of rotatable bonds is 3. The van der Waals surface area contributed by atoms with Crippen molar-refractivity contribution in [3.8, 4) is 11.3 Å². The summed E-state index contributed by atoms with van der Waals surface area (Å²) >= 11 is 3.46. The molecular weight excluding hydrogens is 350 g/mol. The molecule has 6 heteroatoms. The van der Waals surface area contributed by atoms with Gasteiger partial charge in [-0.1, -0.05) is 0 Å². The topological polar surface area (TPSA) is 38.1 Å². The molecule has 4 rings (SSSR count). The Morgan fingerprint density at radius 3 is 2.88 bits per heavy atom. The first kappa shape index (κ1) is 16.5. The van der Waals surface area contributed by atoms with Gasteiger partial charge in [-0.2, -0.15) is 0 Å². The lowest BCUT2D eigenvalue weighted by molar-refractivity contribution is -0.132. The Bertz CT molecular complexity index is 935. The number of amides is 1. The minimum atomic E-state index is 0.194. The Morgan fingerprint density at radius 1 is 1.28 bits per heavy atom. The fraction of sp³-hybridized carbons (Fsp3) is 0.368. The highest BCUT2D eigenvalue weighted by atomic mass is 32.1. The zero-order chi connectivity index (χ0) is 17.6. The maximum atomic E-state index is 12.8. The molecule has 0 bridgehead atoms. The van der Waals surface area contributed by atoms with E-state index in [0.29, 0.717) is 6.54 Å². The third-order valence-electron chi connectivity index (χ3n) is 4.92. The Morgan fingerprint density at radius 2 is 2.12 bits per heavy atom. The average molecular weight is 372 g/mol. The maximum Gasteiger partial charge on any atom is 0.242 e. The van der Waals surface area contributed by atoms with Gasteiger partial charge in [0.15, 0.2) is 0 Å². The molecule has 0 saturated carbocycles. The van der Waals surface area contributed by atoms with Crippen LogP contribution < -0.4 is 0 Å². The third kappa shape index (κ3) is 3.04. The largest absolute Gasteiger partial charge is 0.339 e. The SMILES string of the molecule is Cc1nc(-c2cc(C)n(CC(=O)N3CCc4sccc4C3)c2C)cs1. The predicted octanol–water partition coefficient (Wildman–Crippen LogP) is 4.18. The van der Waals surface area contributed by atoms with E-state index in [9.17, 15) is 4.79 Å². The Hall–Kier alpha value is -1.92. The minimum absolute atomic E-state index is 0.194. The number of hydrogen-bond donors (Lipinski definition) is 0. The summed E-state index contributed by atoms with van der Waals surface area (Å²) in [6.45, 7) is 8.14. The third-order valence-corrected chi connectivity index (χ3v) is 6.72.